The van der Waals surface area contributed by atoms with Crippen molar-refractivity contribution in [2.24, 2.45) is 0 Å². The van der Waals surface area contributed by atoms with Crippen LogP contribution in [0, 0.1) is 0 Å². The Morgan fingerprint density at radius 1 is 0.947 bits per heavy atom. The molecule has 1 aliphatic heterocycles. The quantitative estimate of drug-likeness (QED) is 0.862. The maximum absolute atomic E-state index is 9.70. The summed E-state index contributed by atoms with van der Waals surface area (Å²) >= 11 is 0. The molecule has 3 atom stereocenters. The SMILES string of the molecule is C[C@H]1N[C@@H](CO)[C@H](c2ccccc2)c2ccccc21. The topological polar surface area (TPSA) is 32.3 Å². The lowest BCUT2D eigenvalue weighted by Crippen LogP contribution is -2.44. The van der Waals surface area contributed by atoms with Crippen molar-refractivity contribution in [3.8, 4) is 0 Å². The van der Waals surface area contributed by atoms with Crippen LogP contribution in [0.25, 0.3) is 0 Å². The lowest BCUT2D eigenvalue weighted by Gasteiger charge is -2.37. The van der Waals surface area contributed by atoms with Gasteiger partial charge in [0.25, 0.3) is 0 Å². The van der Waals surface area contributed by atoms with Crippen molar-refractivity contribution in [3.63, 3.8) is 0 Å². The van der Waals surface area contributed by atoms with Gasteiger partial charge >= 0.3 is 0 Å². The molecule has 2 aromatic rings. The van der Waals surface area contributed by atoms with Crippen LogP contribution in [0.5, 0.6) is 0 Å². The van der Waals surface area contributed by atoms with Crippen molar-refractivity contribution >= 4 is 0 Å². The van der Waals surface area contributed by atoms with E-state index in [1.807, 2.05) is 6.07 Å². The van der Waals surface area contributed by atoms with Crippen molar-refractivity contribution in [1.29, 1.82) is 0 Å². The molecule has 0 aromatic heterocycles. The predicted octanol–water partition coefficient (Wildman–Crippen LogP) is 2.84. The highest BCUT2D eigenvalue weighted by molar-refractivity contribution is 5.43. The van der Waals surface area contributed by atoms with Gasteiger partial charge < -0.3 is 10.4 Å². The number of aliphatic hydroxyl groups excluding tert-OH is 1. The molecule has 1 aliphatic rings. The summed E-state index contributed by atoms with van der Waals surface area (Å²) in [6, 6.07) is 19.3. The van der Waals surface area contributed by atoms with E-state index in [-0.39, 0.29) is 24.6 Å². The van der Waals surface area contributed by atoms with Crippen molar-refractivity contribution in [3.05, 3.63) is 71.3 Å². The number of aliphatic hydroxyl groups is 1. The first-order valence-electron chi connectivity index (χ1n) is 6.82. The third-order valence-electron chi connectivity index (χ3n) is 4.02. The van der Waals surface area contributed by atoms with Crippen LogP contribution in [0.15, 0.2) is 54.6 Å². The summed E-state index contributed by atoms with van der Waals surface area (Å²) in [7, 11) is 0. The monoisotopic (exact) mass is 253 g/mol. The van der Waals surface area contributed by atoms with Gasteiger partial charge in [-0.1, -0.05) is 54.6 Å². The number of benzene rings is 2. The number of hydrogen-bond acceptors (Lipinski definition) is 2. The van der Waals surface area contributed by atoms with Gasteiger partial charge in [0.1, 0.15) is 0 Å². The highest BCUT2D eigenvalue weighted by atomic mass is 16.3. The maximum atomic E-state index is 9.70. The van der Waals surface area contributed by atoms with E-state index in [0.717, 1.165) is 0 Å². The summed E-state index contributed by atoms with van der Waals surface area (Å²) in [6.45, 7) is 2.31. The number of hydrogen-bond donors (Lipinski definition) is 2. The largest absolute Gasteiger partial charge is 0.395 e. The third-order valence-corrected chi connectivity index (χ3v) is 4.02. The van der Waals surface area contributed by atoms with E-state index in [9.17, 15) is 5.11 Å². The van der Waals surface area contributed by atoms with E-state index >= 15 is 0 Å². The summed E-state index contributed by atoms with van der Waals surface area (Å²) in [5.41, 5.74) is 3.92. The molecule has 0 unspecified atom stereocenters. The van der Waals surface area contributed by atoms with Gasteiger partial charge in [0.05, 0.1) is 6.61 Å². The molecular formula is C17H19NO. The van der Waals surface area contributed by atoms with Gasteiger partial charge in [-0.15, -0.1) is 0 Å². The van der Waals surface area contributed by atoms with Crippen LogP contribution >= 0.6 is 0 Å². The van der Waals surface area contributed by atoms with Crippen LogP contribution in [-0.2, 0) is 0 Å². The van der Waals surface area contributed by atoms with E-state index in [0.29, 0.717) is 0 Å². The molecule has 0 saturated heterocycles. The van der Waals surface area contributed by atoms with Gasteiger partial charge in [0.2, 0.25) is 0 Å². The molecule has 0 aliphatic carbocycles. The standard InChI is InChI=1S/C17H19NO/c1-12-14-9-5-6-10-15(14)17(16(11-19)18-12)13-7-3-2-4-8-13/h2-10,12,16-19H,11H2,1H3/t12-,16+,17-/m1/s1. The fourth-order valence-corrected chi connectivity index (χ4v) is 3.14. The molecule has 0 spiro atoms. The van der Waals surface area contributed by atoms with Gasteiger partial charge in [-0.3, -0.25) is 0 Å². The minimum Gasteiger partial charge on any atom is -0.395 e. The second kappa shape index (κ2) is 5.16. The first-order valence-corrected chi connectivity index (χ1v) is 6.82. The second-order valence-electron chi connectivity index (χ2n) is 5.19. The zero-order valence-electron chi connectivity index (χ0n) is 11.1. The fourth-order valence-electron chi connectivity index (χ4n) is 3.14. The Labute approximate surface area is 114 Å². The minimum absolute atomic E-state index is 0.0762. The van der Waals surface area contributed by atoms with Crippen LogP contribution in [0.2, 0.25) is 0 Å². The Bertz CT molecular complexity index is 552. The van der Waals surface area contributed by atoms with Crippen molar-refractivity contribution in [2.45, 2.75) is 24.9 Å². The zero-order chi connectivity index (χ0) is 13.2. The summed E-state index contributed by atoms with van der Waals surface area (Å²) in [5, 5.41) is 13.2. The summed E-state index contributed by atoms with van der Waals surface area (Å²) in [4.78, 5) is 0. The lowest BCUT2D eigenvalue weighted by atomic mass is 9.78. The molecule has 0 fully saturated rings. The molecule has 2 aromatic carbocycles. The van der Waals surface area contributed by atoms with Gasteiger partial charge in [-0.05, 0) is 23.6 Å². The molecule has 0 amide bonds. The summed E-state index contributed by atoms with van der Waals surface area (Å²) in [6.07, 6.45) is 0. The first-order chi connectivity index (χ1) is 9.31. The first kappa shape index (κ1) is 12.4. The van der Waals surface area contributed by atoms with Gasteiger partial charge in [-0.2, -0.15) is 0 Å². The van der Waals surface area contributed by atoms with Crippen LogP contribution in [0.1, 0.15) is 35.6 Å². The molecule has 19 heavy (non-hydrogen) atoms. The molecule has 0 bridgehead atoms. The average Bonchev–Trinajstić information content (AvgIpc) is 2.48. The molecule has 98 valence electrons. The van der Waals surface area contributed by atoms with Gasteiger partial charge in [0.15, 0.2) is 0 Å². The fraction of sp³-hybridized carbons (Fsp3) is 0.294. The number of nitrogens with one attached hydrogen (secondary N) is 1. The Balaban J connectivity index is 2.12. The van der Waals surface area contributed by atoms with E-state index in [1.54, 1.807) is 0 Å². The number of rotatable bonds is 2. The molecule has 3 rings (SSSR count). The van der Waals surface area contributed by atoms with Crippen molar-refractivity contribution in [1.82, 2.24) is 5.32 Å². The smallest absolute Gasteiger partial charge is 0.0594 e. The Morgan fingerprint density at radius 3 is 2.26 bits per heavy atom. The van der Waals surface area contributed by atoms with Crippen molar-refractivity contribution in [2.75, 3.05) is 6.61 Å². The molecule has 2 nitrogen and oxygen atoms in total. The molecular weight excluding hydrogens is 234 g/mol. The normalized spacial score (nSPS) is 25.9. The molecule has 1 heterocycles. The van der Waals surface area contributed by atoms with E-state index in [1.165, 1.54) is 16.7 Å². The Hall–Kier alpha value is -1.64. The maximum Gasteiger partial charge on any atom is 0.0594 e. The van der Waals surface area contributed by atoms with E-state index in [2.05, 4.69) is 60.8 Å². The number of fused-ring (bicyclic) bond motifs is 1. The third kappa shape index (κ3) is 2.18. The predicted molar refractivity (Wildman–Crippen MR) is 77.2 cm³/mol. The lowest BCUT2D eigenvalue weighted by molar-refractivity contribution is 0.213. The summed E-state index contributed by atoms with van der Waals surface area (Å²) < 4.78 is 0. The Kier molecular flexibility index (Phi) is 3.36. The van der Waals surface area contributed by atoms with Gasteiger partial charge in [0, 0.05) is 18.0 Å². The van der Waals surface area contributed by atoms with Gasteiger partial charge in [-0.25, -0.2) is 0 Å². The highest BCUT2D eigenvalue weighted by Crippen LogP contribution is 2.37. The highest BCUT2D eigenvalue weighted by Gasteiger charge is 2.32. The minimum atomic E-state index is 0.0762. The van der Waals surface area contributed by atoms with Crippen LogP contribution < -0.4 is 5.32 Å². The van der Waals surface area contributed by atoms with Crippen LogP contribution in [0.4, 0.5) is 0 Å². The molecule has 2 heteroatoms. The zero-order valence-corrected chi connectivity index (χ0v) is 11.1. The van der Waals surface area contributed by atoms with Crippen LogP contribution in [0.3, 0.4) is 0 Å². The molecule has 0 saturated carbocycles. The van der Waals surface area contributed by atoms with E-state index < -0.39 is 0 Å². The molecule has 0 radical (unpaired) electrons. The van der Waals surface area contributed by atoms with Crippen molar-refractivity contribution < 1.29 is 5.11 Å². The van der Waals surface area contributed by atoms with E-state index in [4.69, 9.17) is 0 Å². The van der Waals surface area contributed by atoms with Crippen LogP contribution in [-0.4, -0.2) is 17.8 Å². The molecule has 2 N–H and O–H groups in total. The average molecular weight is 253 g/mol. The summed E-state index contributed by atoms with van der Waals surface area (Å²) in [5.74, 6) is 0.221. The second-order valence-corrected chi connectivity index (χ2v) is 5.19. The Morgan fingerprint density at radius 2 is 1.58 bits per heavy atom.